The van der Waals surface area contributed by atoms with E-state index in [0.29, 0.717) is 18.0 Å². The molecule has 7 nitrogen and oxygen atoms in total. The Kier molecular flexibility index (Phi) is 5.47. The first-order valence-corrected chi connectivity index (χ1v) is 8.98. The van der Waals surface area contributed by atoms with Gasteiger partial charge in [-0.2, -0.15) is 5.10 Å². The highest BCUT2D eigenvalue weighted by atomic mass is 32.1. The number of carbonyl (C=O) groups excluding carboxylic acids is 2. The van der Waals surface area contributed by atoms with E-state index in [9.17, 15) is 9.59 Å². The van der Waals surface area contributed by atoms with E-state index >= 15 is 0 Å². The molecule has 1 fully saturated rings. The Labute approximate surface area is 144 Å². The van der Waals surface area contributed by atoms with Crippen LogP contribution in [0.2, 0.25) is 0 Å². The molecule has 128 valence electrons. The van der Waals surface area contributed by atoms with Gasteiger partial charge in [-0.05, 0) is 30.7 Å². The van der Waals surface area contributed by atoms with Crippen molar-refractivity contribution in [3.8, 4) is 0 Å². The number of aromatic amines is 1. The number of carbonyl (C=O) groups is 2. The lowest BCUT2D eigenvalue weighted by molar-refractivity contribution is 0.0957. The second-order valence-electron chi connectivity index (χ2n) is 5.70. The molecule has 8 heteroatoms. The molecule has 3 N–H and O–H groups in total. The second kappa shape index (κ2) is 7.96. The minimum absolute atomic E-state index is 0.0678. The van der Waals surface area contributed by atoms with Crippen molar-refractivity contribution in [2.24, 2.45) is 0 Å². The van der Waals surface area contributed by atoms with E-state index in [1.807, 2.05) is 22.5 Å². The predicted octanol–water partition coefficient (Wildman–Crippen LogP) is 2.14. The summed E-state index contributed by atoms with van der Waals surface area (Å²) in [4.78, 5) is 26.8. The molecule has 0 radical (unpaired) electrons. The summed E-state index contributed by atoms with van der Waals surface area (Å²) in [5.41, 5.74) is 1.04. The third-order valence-corrected chi connectivity index (χ3v) is 4.97. The maximum absolute atomic E-state index is 12.5. The molecule has 1 atom stereocenters. The summed E-state index contributed by atoms with van der Waals surface area (Å²) in [6, 6.07) is 3.60. The van der Waals surface area contributed by atoms with Gasteiger partial charge in [-0.15, -0.1) is 11.3 Å². The van der Waals surface area contributed by atoms with Crippen LogP contribution in [0.4, 0.5) is 4.79 Å². The number of likely N-dealkylation sites (tertiary alicyclic amines) is 1. The lowest BCUT2D eigenvalue weighted by atomic mass is 9.98. The van der Waals surface area contributed by atoms with E-state index in [0.717, 1.165) is 31.4 Å². The summed E-state index contributed by atoms with van der Waals surface area (Å²) >= 11 is 1.40. The van der Waals surface area contributed by atoms with Crippen LogP contribution in [-0.2, 0) is 0 Å². The zero-order valence-corrected chi connectivity index (χ0v) is 14.1. The molecule has 0 bridgehead atoms. The van der Waals surface area contributed by atoms with Gasteiger partial charge in [0.05, 0.1) is 17.1 Å². The van der Waals surface area contributed by atoms with Gasteiger partial charge in [0.25, 0.3) is 5.91 Å². The van der Waals surface area contributed by atoms with Gasteiger partial charge in [-0.3, -0.25) is 9.89 Å². The summed E-state index contributed by atoms with van der Waals surface area (Å²) in [5.74, 6) is -0.103. The van der Waals surface area contributed by atoms with Crippen LogP contribution in [0.1, 0.15) is 40.5 Å². The molecule has 0 aromatic carbocycles. The maximum atomic E-state index is 12.5. The van der Waals surface area contributed by atoms with Crippen molar-refractivity contribution in [1.82, 2.24) is 25.7 Å². The SMILES string of the molecule is O=C(NCCNC(=O)N1CCCC[C@H]1c1cn[nH]c1)c1cccs1. The van der Waals surface area contributed by atoms with Gasteiger partial charge in [0, 0.05) is 31.4 Å². The van der Waals surface area contributed by atoms with Crippen LogP contribution >= 0.6 is 11.3 Å². The number of thiophene rings is 1. The van der Waals surface area contributed by atoms with Crippen molar-refractivity contribution in [3.05, 3.63) is 40.3 Å². The Morgan fingerprint density at radius 3 is 2.96 bits per heavy atom. The van der Waals surface area contributed by atoms with Crippen LogP contribution in [0, 0.1) is 0 Å². The van der Waals surface area contributed by atoms with Gasteiger partial charge in [-0.25, -0.2) is 4.79 Å². The van der Waals surface area contributed by atoms with Crippen LogP contribution in [0.15, 0.2) is 29.9 Å². The lowest BCUT2D eigenvalue weighted by Gasteiger charge is -2.35. The van der Waals surface area contributed by atoms with Crippen molar-refractivity contribution in [3.63, 3.8) is 0 Å². The predicted molar refractivity (Wildman–Crippen MR) is 91.9 cm³/mol. The third kappa shape index (κ3) is 3.94. The van der Waals surface area contributed by atoms with Crippen molar-refractivity contribution in [1.29, 1.82) is 0 Å². The molecule has 3 amide bonds. The Morgan fingerprint density at radius 1 is 1.33 bits per heavy atom. The summed E-state index contributed by atoms with van der Waals surface area (Å²) < 4.78 is 0. The number of nitrogens with one attached hydrogen (secondary N) is 3. The number of hydrogen-bond acceptors (Lipinski definition) is 4. The second-order valence-corrected chi connectivity index (χ2v) is 6.65. The number of hydrogen-bond donors (Lipinski definition) is 3. The number of H-pyrrole nitrogens is 1. The van der Waals surface area contributed by atoms with Crippen LogP contribution < -0.4 is 10.6 Å². The standard InChI is InChI=1S/C16H21N5O2S/c22-15(14-5-3-9-24-14)17-6-7-18-16(23)21-8-2-1-4-13(21)12-10-19-20-11-12/h3,5,9-11,13H,1-2,4,6-8H2,(H,17,22)(H,18,23)(H,19,20)/t13-/m0/s1. The first-order chi connectivity index (χ1) is 11.8. The maximum Gasteiger partial charge on any atom is 0.317 e. The van der Waals surface area contributed by atoms with Gasteiger partial charge in [0.1, 0.15) is 0 Å². The van der Waals surface area contributed by atoms with Crippen LogP contribution in [0.25, 0.3) is 0 Å². The average molecular weight is 347 g/mol. The van der Waals surface area contributed by atoms with E-state index in [1.54, 1.807) is 12.3 Å². The normalized spacial score (nSPS) is 17.5. The summed E-state index contributed by atoms with van der Waals surface area (Å²) in [6.45, 7) is 1.56. The first-order valence-electron chi connectivity index (χ1n) is 8.10. The van der Waals surface area contributed by atoms with Gasteiger partial charge in [-0.1, -0.05) is 6.07 Å². The monoisotopic (exact) mass is 347 g/mol. The highest BCUT2D eigenvalue weighted by molar-refractivity contribution is 7.12. The fraction of sp³-hybridized carbons (Fsp3) is 0.438. The molecular formula is C16H21N5O2S. The fourth-order valence-corrected chi connectivity index (χ4v) is 3.55. The molecule has 1 aliphatic heterocycles. The van der Waals surface area contributed by atoms with Gasteiger partial charge < -0.3 is 15.5 Å². The van der Waals surface area contributed by atoms with Crippen molar-refractivity contribution < 1.29 is 9.59 Å². The molecule has 0 spiro atoms. The number of nitrogens with zero attached hydrogens (tertiary/aromatic N) is 2. The van der Waals surface area contributed by atoms with Crippen LogP contribution in [0.5, 0.6) is 0 Å². The minimum Gasteiger partial charge on any atom is -0.350 e. The van der Waals surface area contributed by atoms with Gasteiger partial charge in [0.2, 0.25) is 0 Å². The molecule has 0 saturated carbocycles. The molecule has 1 aliphatic rings. The van der Waals surface area contributed by atoms with Crippen molar-refractivity contribution in [2.45, 2.75) is 25.3 Å². The van der Waals surface area contributed by atoms with E-state index in [4.69, 9.17) is 0 Å². The van der Waals surface area contributed by atoms with E-state index in [2.05, 4.69) is 20.8 Å². The smallest absolute Gasteiger partial charge is 0.317 e. The Bertz CT molecular complexity index is 656. The van der Waals surface area contributed by atoms with E-state index < -0.39 is 0 Å². The van der Waals surface area contributed by atoms with Crippen LogP contribution in [0.3, 0.4) is 0 Å². The average Bonchev–Trinajstić information content (AvgIpc) is 3.32. The summed E-state index contributed by atoms with van der Waals surface area (Å²) in [7, 11) is 0. The quantitative estimate of drug-likeness (QED) is 0.724. The molecule has 1 saturated heterocycles. The van der Waals surface area contributed by atoms with Gasteiger partial charge >= 0.3 is 6.03 Å². The first kappa shape index (κ1) is 16.5. The summed E-state index contributed by atoms with van der Waals surface area (Å²) in [6.07, 6.45) is 6.69. The Balaban J connectivity index is 1.46. The molecule has 24 heavy (non-hydrogen) atoms. The third-order valence-electron chi connectivity index (χ3n) is 4.10. The number of piperidine rings is 1. The molecule has 0 aliphatic carbocycles. The zero-order valence-electron chi connectivity index (χ0n) is 13.3. The molecule has 0 unspecified atom stereocenters. The number of amides is 3. The Morgan fingerprint density at radius 2 is 2.21 bits per heavy atom. The lowest BCUT2D eigenvalue weighted by Crippen LogP contribution is -2.46. The molecule has 2 aromatic heterocycles. The number of aromatic nitrogens is 2. The highest BCUT2D eigenvalue weighted by Gasteiger charge is 2.28. The van der Waals surface area contributed by atoms with Gasteiger partial charge in [0.15, 0.2) is 0 Å². The molecule has 3 heterocycles. The van der Waals surface area contributed by atoms with Crippen molar-refractivity contribution in [2.75, 3.05) is 19.6 Å². The van der Waals surface area contributed by atoms with E-state index in [1.165, 1.54) is 11.3 Å². The fourth-order valence-electron chi connectivity index (χ4n) is 2.91. The Hall–Kier alpha value is -2.35. The van der Waals surface area contributed by atoms with Crippen LogP contribution in [-0.4, -0.2) is 46.7 Å². The minimum atomic E-state index is -0.103. The number of rotatable bonds is 5. The number of urea groups is 1. The molecule has 3 rings (SSSR count). The van der Waals surface area contributed by atoms with E-state index in [-0.39, 0.29) is 18.0 Å². The molecule has 2 aromatic rings. The largest absolute Gasteiger partial charge is 0.350 e. The highest BCUT2D eigenvalue weighted by Crippen LogP contribution is 2.30. The van der Waals surface area contributed by atoms with Crippen molar-refractivity contribution >= 4 is 23.3 Å². The molecular weight excluding hydrogens is 326 g/mol. The summed E-state index contributed by atoms with van der Waals surface area (Å²) in [5, 5.41) is 14.3. The zero-order chi connectivity index (χ0) is 16.8. The topological polar surface area (TPSA) is 90.1 Å².